The van der Waals surface area contributed by atoms with Crippen molar-refractivity contribution in [3.8, 4) is 5.75 Å². The molecule has 0 unspecified atom stereocenters. The van der Waals surface area contributed by atoms with Gasteiger partial charge in [-0.1, -0.05) is 30.1 Å². The molecule has 0 spiro atoms. The quantitative estimate of drug-likeness (QED) is 0.730. The molecule has 0 fully saturated rings. The van der Waals surface area contributed by atoms with Crippen LogP contribution in [-0.2, 0) is 0 Å². The number of ether oxygens (including phenoxy) is 1. The Morgan fingerprint density at radius 3 is 2.75 bits per heavy atom. The van der Waals surface area contributed by atoms with Crippen LogP contribution in [0, 0.1) is 6.07 Å². The minimum Gasteiger partial charge on any atom is -0.493 e. The molecule has 0 amide bonds. The van der Waals surface area contributed by atoms with Gasteiger partial charge in [0, 0.05) is 11.1 Å². The topological polar surface area (TPSA) is 9.23 Å². The van der Waals surface area contributed by atoms with Crippen LogP contribution in [0.15, 0.2) is 12.1 Å². The zero-order valence-electron chi connectivity index (χ0n) is 6.73. The Morgan fingerprint density at radius 1 is 1.42 bits per heavy atom. The van der Waals surface area contributed by atoms with E-state index in [0.717, 1.165) is 6.42 Å². The predicted molar refractivity (Wildman–Crippen MR) is 51.1 cm³/mol. The Bertz CT molecular complexity index is 240. The molecule has 65 valence electrons. The third-order valence-corrected chi connectivity index (χ3v) is 1.66. The summed E-state index contributed by atoms with van der Waals surface area (Å²) in [6.07, 6.45) is 0.956. The van der Waals surface area contributed by atoms with Gasteiger partial charge in [-0.15, -0.1) is 0 Å². The standard InChI is InChI=1S/C9H9Cl2O/c1-2-3-12-9-5-7(10)4-8(11)6-9/h4-5H,2-3H2,1H3. The molecule has 12 heavy (non-hydrogen) atoms. The SMILES string of the molecule is CCCOc1[c]c(Cl)cc(Cl)c1. The van der Waals surface area contributed by atoms with Crippen LogP contribution in [0.1, 0.15) is 13.3 Å². The molecule has 3 heteroatoms. The zero-order valence-corrected chi connectivity index (χ0v) is 8.24. The first-order valence-corrected chi connectivity index (χ1v) is 4.49. The molecule has 0 saturated carbocycles. The molecule has 1 aromatic rings. The van der Waals surface area contributed by atoms with E-state index in [0.29, 0.717) is 22.4 Å². The van der Waals surface area contributed by atoms with Crippen molar-refractivity contribution in [3.63, 3.8) is 0 Å². The van der Waals surface area contributed by atoms with Crippen molar-refractivity contribution in [1.82, 2.24) is 0 Å². The summed E-state index contributed by atoms with van der Waals surface area (Å²) in [5.41, 5.74) is 0. The van der Waals surface area contributed by atoms with Crippen molar-refractivity contribution < 1.29 is 4.74 Å². The molecular formula is C9H9Cl2O. The molecule has 0 atom stereocenters. The lowest BCUT2D eigenvalue weighted by molar-refractivity contribution is 0.317. The van der Waals surface area contributed by atoms with Crippen LogP contribution < -0.4 is 4.74 Å². The van der Waals surface area contributed by atoms with E-state index in [2.05, 4.69) is 6.07 Å². The summed E-state index contributed by atoms with van der Waals surface area (Å²) >= 11 is 11.5. The first-order valence-electron chi connectivity index (χ1n) is 3.73. The van der Waals surface area contributed by atoms with Crippen LogP contribution in [0.2, 0.25) is 10.0 Å². The number of benzene rings is 1. The first-order chi connectivity index (χ1) is 5.72. The van der Waals surface area contributed by atoms with E-state index in [9.17, 15) is 0 Å². The van der Waals surface area contributed by atoms with Crippen molar-refractivity contribution in [2.24, 2.45) is 0 Å². The van der Waals surface area contributed by atoms with Crippen molar-refractivity contribution in [2.75, 3.05) is 6.61 Å². The molecule has 0 N–H and O–H groups in total. The average Bonchev–Trinajstić information content (AvgIpc) is 1.99. The first kappa shape index (κ1) is 9.69. The second-order valence-corrected chi connectivity index (χ2v) is 3.20. The molecule has 0 heterocycles. The summed E-state index contributed by atoms with van der Waals surface area (Å²) < 4.78 is 5.29. The van der Waals surface area contributed by atoms with Crippen molar-refractivity contribution in [3.05, 3.63) is 28.2 Å². The molecule has 1 rings (SSSR count). The number of hydrogen-bond donors (Lipinski definition) is 0. The summed E-state index contributed by atoms with van der Waals surface area (Å²) in [4.78, 5) is 0. The second-order valence-electron chi connectivity index (χ2n) is 2.36. The number of rotatable bonds is 3. The maximum absolute atomic E-state index is 5.74. The summed E-state index contributed by atoms with van der Waals surface area (Å²) in [5, 5.41) is 1.05. The number of hydrogen-bond acceptors (Lipinski definition) is 1. The highest BCUT2D eigenvalue weighted by Gasteiger charge is 1.98. The monoisotopic (exact) mass is 203 g/mol. The Labute approximate surface area is 82.2 Å². The lowest BCUT2D eigenvalue weighted by Crippen LogP contribution is -1.94. The third-order valence-electron chi connectivity index (χ3n) is 1.24. The van der Waals surface area contributed by atoms with Crippen LogP contribution in [0.4, 0.5) is 0 Å². The van der Waals surface area contributed by atoms with Gasteiger partial charge in [-0.25, -0.2) is 0 Å². The van der Waals surface area contributed by atoms with E-state index in [1.807, 2.05) is 6.92 Å². The molecule has 0 aromatic heterocycles. The summed E-state index contributed by atoms with van der Waals surface area (Å²) in [5.74, 6) is 0.606. The van der Waals surface area contributed by atoms with Crippen molar-refractivity contribution >= 4 is 23.2 Å². The van der Waals surface area contributed by atoms with Gasteiger partial charge in [0.05, 0.1) is 11.6 Å². The second kappa shape index (κ2) is 4.58. The smallest absolute Gasteiger partial charge is 0.130 e. The van der Waals surface area contributed by atoms with Crippen LogP contribution in [-0.4, -0.2) is 6.61 Å². The normalized spacial score (nSPS) is 9.92. The summed E-state index contributed by atoms with van der Waals surface area (Å²) in [7, 11) is 0. The predicted octanol–water partition coefficient (Wildman–Crippen LogP) is 3.58. The van der Waals surface area contributed by atoms with Gasteiger partial charge in [-0.2, -0.15) is 0 Å². The third kappa shape index (κ3) is 2.92. The van der Waals surface area contributed by atoms with Gasteiger partial charge in [0.1, 0.15) is 5.75 Å². The van der Waals surface area contributed by atoms with Crippen molar-refractivity contribution in [1.29, 1.82) is 0 Å². The molecule has 0 aliphatic heterocycles. The number of halogens is 2. The molecule has 0 aliphatic carbocycles. The largest absolute Gasteiger partial charge is 0.493 e. The minimum absolute atomic E-state index is 0.480. The van der Waals surface area contributed by atoms with Gasteiger partial charge in [0.2, 0.25) is 0 Å². The summed E-state index contributed by atoms with van der Waals surface area (Å²) in [6.45, 7) is 2.69. The lowest BCUT2D eigenvalue weighted by Gasteiger charge is -2.04. The molecule has 1 radical (unpaired) electrons. The van der Waals surface area contributed by atoms with Crippen LogP contribution >= 0.6 is 23.2 Å². The Hall–Kier alpha value is -0.400. The Balaban J connectivity index is 2.72. The van der Waals surface area contributed by atoms with Gasteiger partial charge < -0.3 is 4.74 Å². The molecule has 1 aromatic carbocycles. The van der Waals surface area contributed by atoms with Gasteiger partial charge in [-0.3, -0.25) is 0 Å². The van der Waals surface area contributed by atoms with Crippen molar-refractivity contribution in [2.45, 2.75) is 13.3 Å². The molecule has 0 saturated heterocycles. The molecule has 1 nitrogen and oxygen atoms in total. The van der Waals surface area contributed by atoms with E-state index in [-0.39, 0.29) is 0 Å². The fourth-order valence-electron chi connectivity index (χ4n) is 0.768. The molecule has 0 aliphatic rings. The Morgan fingerprint density at radius 2 is 2.17 bits per heavy atom. The minimum atomic E-state index is 0.480. The molecular weight excluding hydrogens is 195 g/mol. The lowest BCUT2D eigenvalue weighted by atomic mass is 10.3. The van der Waals surface area contributed by atoms with Gasteiger partial charge in [0.25, 0.3) is 0 Å². The van der Waals surface area contributed by atoms with Gasteiger partial charge in [0.15, 0.2) is 0 Å². The van der Waals surface area contributed by atoms with E-state index in [4.69, 9.17) is 27.9 Å². The highest BCUT2D eigenvalue weighted by molar-refractivity contribution is 6.34. The van der Waals surface area contributed by atoms with E-state index < -0.39 is 0 Å². The van der Waals surface area contributed by atoms with Crippen LogP contribution in [0.25, 0.3) is 0 Å². The van der Waals surface area contributed by atoms with Crippen LogP contribution in [0.5, 0.6) is 5.75 Å². The Kier molecular flexibility index (Phi) is 3.70. The average molecular weight is 204 g/mol. The van der Waals surface area contributed by atoms with E-state index >= 15 is 0 Å². The maximum atomic E-state index is 5.74. The van der Waals surface area contributed by atoms with Gasteiger partial charge in [-0.05, 0) is 18.6 Å². The highest BCUT2D eigenvalue weighted by atomic mass is 35.5. The molecule has 0 bridgehead atoms. The highest BCUT2D eigenvalue weighted by Crippen LogP contribution is 2.23. The van der Waals surface area contributed by atoms with Crippen LogP contribution in [0.3, 0.4) is 0 Å². The fraction of sp³-hybridized carbons (Fsp3) is 0.333. The van der Waals surface area contributed by atoms with E-state index in [1.165, 1.54) is 0 Å². The fourth-order valence-corrected chi connectivity index (χ4v) is 1.24. The van der Waals surface area contributed by atoms with Gasteiger partial charge >= 0.3 is 0 Å². The van der Waals surface area contributed by atoms with E-state index in [1.54, 1.807) is 12.1 Å². The maximum Gasteiger partial charge on any atom is 0.130 e. The summed E-state index contributed by atoms with van der Waals surface area (Å²) in [6, 6.07) is 6.17. The zero-order chi connectivity index (χ0) is 8.97.